The van der Waals surface area contributed by atoms with Crippen LogP contribution in [0.25, 0.3) is 5.76 Å². The second-order valence-electron chi connectivity index (χ2n) is 10.6. The fourth-order valence-electron chi connectivity index (χ4n) is 6.30. The number of aromatic hydroxyl groups is 1. The van der Waals surface area contributed by atoms with Gasteiger partial charge in [0.15, 0.2) is 11.4 Å². The molecule has 4 aliphatic rings. The van der Waals surface area contributed by atoms with E-state index in [4.69, 9.17) is 17.3 Å². The summed E-state index contributed by atoms with van der Waals surface area (Å²) >= 11 is 6.79. The van der Waals surface area contributed by atoms with E-state index in [2.05, 4.69) is 11.8 Å². The highest BCUT2D eigenvalue weighted by molar-refractivity contribution is 6.32. The predicted octanol–water partition coefficient (Wildman–Crippen LogP) is 2.31. The first kappa shape index (κ1) is 24.8. The number of nitrogens with two attached hydrogens (primary N) is 1. The number of phenols is 1. The molecule has 36 heavy (non-hydrogen) atoms. The molecular weight excluding hydrogens is 488 g/mol. The molecule has 1 saturated carbocycles. The van der Waals surface area contributed by atoms with Gasteiger partial charge in [0.05, 0.1) is 5.56 Å². The van der Waals surface area contributed by atoms with Gasteiger partial charge in [0, 0.05) is 29.5 Å². The van der Waals surface area contributed by atoms with Crippen LogP contribution in [0.2, 0.25) is 5.02 Å². The Bertz CT molecular complexity index is 1260. The van der Waals surface area contributed by atoms with Gasteiger partial charge in [0.2, 0.25) is 5.78 Å². The maximum atomic E-state index is 13.5. The quantitative estimate of drug-likeness (QED) is 0.382. The third-order valence-electron chi connectivity index (χ3n) is 8.34. The summed E-state index contributed by atoms with van der Waals surface area (Å²) < 4.78 is 0. The standard InChI is InChI=1S/C26H29ClN2O7/c1-11-2-4-29(5-3-11)10-13-8-16(30)19-15(21(13)27)7-12-6-14-9-17(31)20(25(28)35)24(34)26(14,36)23(33)18(12)22(19)32/h8,11-12,14,30,32,34,36H,2-7,9-10H2,1H3,(H2,28,35)/t12?,14-,26-/m0/s1. The Hall–Kier alpha value is -2.88. The molecule has 6 N–H and O–H groups in total. The summed E-state index contributed by atoms with van der Waals surface area (Å²) in [5, 5.41) is 44.3. The van der Waals surface area contributed by atoms with Gasteiger partial charge in [-0.15, -0.1) is 0 Å². The average molecular weight is 517 g/mol. The van der Waals surface area contributed by atoms with Crippen molar-refractivity contribution in [2.45, 2.75) is 51.2 Å². The third kappa shape index (κ3) is 3.55. The molecule has 192 valence electrons. The van der Waals surface area contributed by atoms with E-state index in [9.17, 15) is 34.8 Å². The van der Waals surface area contributed by atoms with Crippen LogP contribution in [-0.4, -0.2) is 61.5 Å². The van der Waals surface area contributed by atoms with Crippen LogP contribution < -0.4 is 5.73 Å². The summed E-state index contributed by atoms with van der Waals surface area (Å²) in [6.07, 6.45) is 2.08. The highest BCUT2D eigenvalue weighted by Gasteiger charge is 2.60. The van der Waals surface area contributed by atoms with E-state index in [1.807, 2.05) is 0 Å². The topological polar surface area (TPSA) is 161 Å². The largest absolute Gasteiger partial charge is 0.508 e. The van der Waals surface area contributed by atoms with Crippen molar-refractivity contribution in [1.82, 2.24) is 4.90 Å². The lowest BCUT2D eigenvalue weighted by atomic mass is 9.59. The first-order valence-electron chi connectivity index (χ1n) is 12.2. The number of primary amides is 1. The highest BCUT2D eigenvalue weighted by Crippen LogP contribution is 2.53. The average Bonchev–Trinajstić information content (AvgIpc) is 2.80. The zero-order chi connectivity index (χ0) is 26.1. The number of fused-ring (bicyclic) bond motifs is 3. The van der Waals surface area contributed by atoms with Gasteiger partial charge < -0.3 is 26.2 Å². The van der Waals surface area contributed by atoms with Crippen LogP contribution >= 0.6 is 11.6 Å². The van der Waals surface area contributed by atoms with E-state index in [1.54, 1.807) is 0 Å². The van der Waals surface area contributed by atoms with Crippen molar-refractivity contribution in [3.8, 4) is 5.75 Å². The van der Waals surface area contributed by atoms with E-state index in [-0.39, 0.29) is 36.1 Å². The smallest absolute Gasteiger partial charge is 0.255 e. The number of nitrogens with zero attached hydrogens (tertiary/aromatic N) is 1. The fourth-order valence-corrected chi connectivity index (χ4v) is 6.59. The number of phenolic OH excluding ortho intramolecular Hbond substituents is 1. The molecule has 0 spiro atoms. The molecule has 3 atom stereocenters. The molecule has 0 bridgehead atoms. The third-order valence-corrected chi connectivity index (χ3v) is 8.81. The number of likely N-dealkylation sites (tertiary alicyclic amines) is 1. The van der Waals surface area contributed by atoms with Gasteiger partial charge in [-0.05, 0) is 67.8 Å². The summed E-state index contributed by atoms with van der Waals surface area (Å²) in [4.78, 5) is 40.0. The molecule has 1 saturated heterocycles. The number of benzene rings is 1. The molecule has 10 heteroatoms. The highest BCUT2D eigenvalue weighted by atomic mass is 35.5. The number of hydrogen-bond acceptors (Lipinski definition) is 8. The monoisotopic (exact) mass is 516 g/mol. The lowest BCUT2D eigenvalue weighted by Gasteiger charge is -2.46. The van der Waals surface area contributed by atoms with Gasteiger partial charge in [-0.3, -0.25) is 19.3 Å². The first-order chi connectivity index (χ1) is 16.9. The number of piperidine rings is 1. The van der Waals surface area contributed by atoms with Crippen molar-refractivity contribution in [1.29, 1.82) is 0 Å². The molecular formula is C26H29ClN2O7. The van der Waals surface area contributed by atoms with Crippen LogP contribution in [0.5, 0.6) is 5.75 Å². The number of carbonyl (C=O) groups is 3. The molecule has 2 fully saturated rings. The molecule has 1 heterocycles. The van der Waals surface area contributed by atoms with Crippen molar-refractivity contribution >= 4 is 34.8 Å². The van der Waals surface area contributed by atoms with Crippen LogP contribution in [0.3, 0.4) is 0 Å². The van der Waals surface area contributed by atoms with Crippen LogP contribution in [-0.2, 0) is 27.3 Å². The summed E-state index contributed by atoms with van der Waals surface area (Å²) in [7, 11) is 0. The number of Topliss-reactive ketones (excluding diaryl/α,β-unsaturated/α-hetero) is 2. The van der Waals surface area contributed by atoms with Gasteiger partial charge >= 0.3 is 0 Å². The second kappa shape index (κ2) is 8.61. The molecule has 1 amide bonds. The van der Waals surface area contributed by atoms with E-state index in [0.29, 0.717) is 23.0 Å². The van der Waals surface area contributed by atoms with Crippen molar-refractivity contribution in [3.05, 3.63) is 44.7 Å². The summed E-state index contributed by atoms with van der Waals surface area (Å²) in [5.74, 6) is -5.80. The van der Waals surface area contributed by atoms with Crippen molar-refractivity contribution in [3.63, 3.8) is 0 Å². The SMILES string of the molecule is CC1CCN(Cc2cc(O)c3c(c2Cl)CC2C[C@H]4CC(=O)C(C(N)=O)=C(O)[C@@]4(O)C(=O)C2=C3O)CC1. The molecule has 0 radical (unpaired) electrons. The summed E-state index contributed by atoms with van der Waals surface area (Å²) in [5.41, 5.74) is 2.90. The van der Waals surface area contributed by atoms with Gasteiger partial charge in [-0.2, -0.15) is 0 Å². The number of carbonyl (C=O) groups excluding carboxylic acids is 3. The molecule has 3 aliphatic carbocycles. The predicted molar refractivity (Wildman–Crippen MR) is 130 cm³/mol. The zero-order valence-corrected chi connectivity index (χ0v) is 20.6. The Kier molecular flexibility index (Phi) is 5.93. The number of amides is 1. The maximum Gasteiger partial charge on any atom is 0.255 e. The first-order valence-corrected chi connectivity index (χ1v) is 12.6. The minimum atomic E-state index is -2.57. The Balaban J connectivity index is 1.57. The van der Waals surface area contributed by atoms with Gasteiger partial charge in [0.25, 0.3) is 5.91 Å². The molecule has 1 aromatic rings. The Morgan fingerprint density at radius 1 is 1.19 bits per heavy atom. The molecule has 5 rings (SSSR count). The van der Waals surface area contributed by atoms with Crippen LogP contribution in [0, 0.1) is 17.8 Å². The second-order valence-corrected chi connectivity index (χ2v) is 11.0. The maximum absolute atomic E-state index is 13.5. The van der Waals surface area contributed by atoms with Crippen LogP contribution in [0.15, 0.2) is 23.0 Å². The Morgan fingerprint density at radius 3 is 2.50 bits per heavy atom. The lowest BCUT2D eigenvalue weighted by molar-refractivity contribution is -0.147. The number of rotatable bonds is 3. The number of halogens is 1. The number of ketones is 2. The Morgan fingerprint density at radius 2 is 1.86 bits per heavy atom. The van der Waals surface area contributed by atoms with E-state index in [0.717, 1.165) is 31.5 Å². The minimum absolute atomic E-state index is 0.0168. The molecule has 1 unspecified atom stereocenters. The van der Waals surface area contributed by atoms with Crippen LogP contribution in [0.1, 0.15) is 49.3 Å². The zero-order valence-electron chi connectivity index (χ0n) is 19.9. The summed E-state index contributed by atoms with van der Waals surface area (Å²) in [6.45, 7) is 4.60. The fraction of sp³-hybridized carbons (Fsp3) is 0.500. The van der Waals surface area contributed by atoms with Crippen LogP contribution in [0.4, 0.5) is 0 Å². The normalized spacial score (nSPS) is 29.2. The molecule has 0 aromatic heterocycles. The van der Waals surface area contributed by atoms with Crippen molar-refractivity contribution in [2.75, 3.05) is 13.1 Å². The van der Waals surface area contributed by atoms with E-state index < -0.39 is 52.0 Å². The molecule has 1 aromatic carbocycles. The van der Waals surface area contributed by atoms with Gasteiger partial charge in [0.1, 0.15) is 22.8 Å². The van der Waals surface area contributed by atoms with Crippen molar-refractivity contribution in [2.24, 2.45) is 23.5 Å². The van der Waals surface area contributed by atoms with Gasteiger partial charge in [-0.1, -0.05) is 18.5 Å². The molecule has 1 aliphatic heterocycles. The number of aliphatic hydroxyl groups excluding tert-OH is 2. The number of aliphatic hydroxyl groups is 3. The van der Waals surface area contributed by atoms with E-state index in [1.165, 1.54) is 6.07 Å². The Labute approximate surface area is 212 Å². The minimum Gasteiger partial charge on any atom is -0.508 e. The van der Waals surface area contributed by atoms with Crippen molar-refractivity contribution < 1.29 is 34.8 Å². The molecule has 9 nitrogen and oxygen atoms in total. The number of hydrogen-bond donors (Lipinski definition) is 5. The van der Waals surface area contributed by atoms with E-state index >= 15 is 0 Å². The van der Waals surface area contributed by atoms with Gasteiger partial charge in [-0.25, -0.2) is 0 Å². The summed E-state index contributed by atoms with van der Waals surface area (Å²) in [6, 6.07) is 1.49. The lowest BCUT2D eigenvalue weighted by Crippen LogP contribution is -2.58.